The van der Waals surface area contributed by atoms with Crippen molar-refractivity contribution in [3.05, 3.63) is 179 Å². The van der Waals surface area contributed by atoms with Crippen molar-refractivity contribution in [2.24, 2.45) is 0 Å². The third-order valence-corrected chi connectivity index (χ3v) is 9.27. The van der Waals surface area contributed by atoms with Crippen molar-refractivity contribution in [3.8, 4) is 34.1 Å². The van der Waals surface area contributed by atoms with Gasteiger partial charge in [-0.05, 0) is 106 Å². The molecule has 0 saturated heterocycles. The van der Waals surface area contributed by atoms with Crippen LogP contribution in [-0.2, 0) is 5.41 Å². The highest BCUT2D eigenvalue weighted by molar-refractivity contribution is 5.85. The normalized spacial score (nSPS) is 13.1. The van der Waals surface area contributed by atoms with Gasteiger partial charge in [-0.3, -0.25) is 0 Å². The third-order valence-electron chi connectivity index (χ3n) is 9.27. The van der Waals surface area contributed by atoms with Gasteiger partial charge in [0.15, 0.2) is 0 Å². The number of benzene rings is 6. The number of ether oxygens (including phenoxy) is 2. The minimum absolute atomic E-state index is 0.00871. The second-order valence-electron chi connectivity index (χ2n) is 12.0. The maximum absolute atomic E-state index is 5.96. The number of hydrogen-bond acceptors (Lipinski definition) is 2. The van der Waals surface area contributed by atoms with Gasteiger partial charge in [-0.1, -0.05) is 135 Å². The molecule has 1 aliphatic carbocycles. The summed E-state index contributed by atoms with van der Waals surface area (Å²) in [5.41, 5.74) is 10.3. The van der Waals surface area contributed by atoms with Crippen LogP contribution in [0.3, 0.4) is 0 Å². The molecule has 0 unspecified atom stereocenters. The monoisotopic (exact) mass is 610 g/mol. The van der Waals surface area contributed by atoms with E-state index in [0.717, 1.165) is 47.0 Å². The van der Waals surface area contributed by atoms with E-state index >= 15 is 0 Å². The Labute approximate surface area is 278 Å². The number of hydrogen-bond donors (Lipinski definition) is 0. The fourth-order valence-corrected chi connectivity index (χ4v) is 6.68. The van der Waals surface area contributed by atoms with Gasteiger partial charge in [-0.2, -0.15) is 0 Å². The number of fused-ring (bicyclic) bond motifs is 3. The van der Waals surface area contributed by atoms with Gasteiger partial charge in [0.25, 0.3) is 0 Å². The predicted octanol–water partition coefficient (Wildman–Crippen LogP) is 12.7. The lowest BCUT2D eigenvalue weighted by Gasteiger charge is -2.30. The van der Waals surface area contributed by atoms with Crippen molar-refractivity contribution in [1.29, 1.82) is 0 Å². The topological polar surface area (TPSA) is 18.5 Å². The summed E-state index contributed by atoms with van der Waals surface area (Å²) in [6, 6.07) is 50.2. The Morgan fingerprint density at radius 1 is 0.404 bits per heavy atom. The van der Waals surface area contributed by atoms with Gasteiger partial charge in [-0.25, -0.2) is 0 Å². The molecule has 2 heteroatoms. The van der Waals surface area contributed by atoms with Crippen molar-refractivity contribution < 1.29 is 9.47 Å². The third kappa shape index (κ3) is 6.41. The van der Waals surface area contributed by atoms with E-state index in [4.69, 9.17) is 9.47 Å². The molecule has 0 aromatic heterocycles. The highest BCUT2D eigenvalue weighted by atomic mass is 16.5. The molecule has 0 saturated carbocycles. The van der Waals surface area contributed by atoms with Crippen LogP contribution in [0.5, 0.6) is 23.0 Å². The SMILES string of the molecule is CCC1(CC)c2cc(/C=C/c3ccc(Oc4ccccc4)cc3)ccc2-c2ccc(/C=C/c3ccc(Oc4ccccc4)cc3)cc21. The zero-order valence-corrected chi connectivity index (χ0v) is 26.9. The summed E-state index contributed by atoms with van der Waals surface area (Å²) in [5, 5.41) is 0. The quantitative estimate of drug-likeness (QED) is 0.144. The van der Waals surface area contributed by atoms with Gasteiger partial charge in [0.1, 0.15) is 23.0 Å². The van der Waals surface area contributed by atoms with Gasteiger partial charge >= 0.3 is 0 Å². The van der Waals surface area contributed by atoms with E-state index in [9.17, 15) is 0 Å². The lowest BCUT2D eigenvalue weighted by Crippen LogP contribution is -2.23. The standard InChI is InChI=1S/C45H38O2/c1-3-45(4-2)43-31-35(17-15-33-19-25-39(26-20-33)46-37-11-7-5-8-12-37)23-29-41(43)42-30-24-36(32-44(42)45)18-16-34-21-27-40(28-22-34)47-38-13-9-6-10-14-38/h5-32H,3-4H2,1-2H3/b17-15+,18-16+. The minimum atomic E-state index is -0.00871. The summed E-state index contributed by atoms with van der Waals surface area (Å²) in [7, 11) is 0. The minimum Gasteiger partial charge on any atom is -0.457 e. The lowest BCUT2D eigenvalue weighted by atomic mass is 9.73. The van der Waals surface area contributed by atoms with Gasteiger partial charge in [0.05, 0.1) is 0 Å². The van der Waals surface area contributed by atoms with Crippen molar-refractivity contribution in [2.45, 2.75) is 32.1 Å². The van der Waals surface area contributed by atoms with Crippen LogP contribution in [-0.4, -0.2) is 0 Å². The summed E-state index contributed by atoms with van der Waals surface area (Å²) in [6.45, 7) is 4.65. The van der Waals surface area contributed by atoms with Crippen molar-refractivity contribution in [1.82, 2.24) is 0 Å². The highest BCUT2D eigenvalue weighted by Gasteiger charge is 2.40. The molecule has 0 fully saturated rings. The maximum Gasteiger partial charge on any atom is 0.127 e. The van der Waals surface area contributed by atoms with Gasteiger partial charge in [0.2, 0.25) is 0 Å². The summed E-state index contributed by atoms with van der Waals surface area (Å²) < 4.78 is 11.9. The van der Waals surface area contributed by atoms with Gasteiger partial charge in [-0.15, -0.1) is 0 Å². The molecule has 7 rings (SSSR count). The molecule has 0 heterocycles. The van der Waals surface area contributed by atoms with Crippen LogP contribution in [0.15, 0.2) is 146 Å². The molecule has 0 atom stereocenters. The molecule has 0 bridgehead atoms. The van der Waals surface area contributed by atoms with Crippen LogP contribution in [0.2, 0.25) is 0 Å². The second-order valence-corrected chi connectivity index (χ2v) is 12.0. The maximum atomic E-state index is 5.96. The largest absolute Gasteiger partial charge is 0.457 e. The van der Waals surface area contributed by atoms with Crippen molar-refractivity contribution in [3.63, 3.8) is 0 Å². The summed E-state index contributed by atoms with van der Waals surface area (Å²) in [5.74, 6) is 3.35. The smallest absolute Gasteiger partial charge is 0.127 e. The molecule has 0 amide bonds. The van der Waals surface area contributed by atoms with E-state index in [1.54, 1.807) is 0 Å². The molecule has 0 aliphatic heterocycles. The van der Waals surface area contributed by atoms with E-state index < -0.39 is 0 Å². The molecule has 6 aromatic carbocycles. The van der Waals surface area contributed by atoms with E-state index in [0.29, 0.717) is 0 Å². The van der Waals surface area contributed by atoms with Crippen LogP contribution in [0.4, 0.5) is 0 Å². The van der Waals surface area contributed by atoms with Crippen LogP contribution in [0.1, 0.15) is 60.1 Å². The molecular formula is C45H38O2. The summed E-state index contributed by atoms with van der Waals surface area (Å²) >= 11 is 0. The molecule has 47 heavy (non-hydrogen) atoms. The highest BCUT2D eigenvalue weighted by Crippen LogP contribution is 2.53. The van der Waals surface area contributed by atoms with Crippen molar-refractivity contribution >= 4 is 24.3 Å². The average Bonchev–Trinajstić information content (AvgIpc) is 3.40. The first-order valence-corrected chi connectivity index (χ1v) is 16.4. The van der Waals surface area contributed by atoms with Gasteiger partial charge < -0.3 is 9.47 Å². The summed E-state index contributed by atoms with van der Waals surface area (Å²) in [6.07, 6.45) is 10.9. The molecule has 1 aliphatic rings. The Hall–Kier alpha value is -5.60. The Morgan fingerprint density at radius 3 is 1.13 bits per heavy atom. The molecule has 6 aromatic rings. The molecule has 2 nitrogen and oxygen atoms in total. The molecular weight excluding hydrogens is 572 g/mol. The number of rotatable bonds is 10. The first-order chi connectivity index (χ1) is 23.1. The zero-order chi connectivity index (χ0) is 32.1. The Morgan fingerprint density at radius 2 is 0.745 bits per heavy atom. The van der Waals surface area contributed by atoms with E-state index in [-0.39, 0.29) is 5.41 Å². The first-order valence-electron chi connectivity index (χ1n) is 16.4. The number of para-hydroxylation sites is 2. The summed E-state index contributed by atoms with van der Waals surface area (Å²) in [4.78, 5) is 0. The Bertz CT molecular complexity index is 1870. The molecule has 0 N–H and O–H groups in total. The molecule has 0 radical (unpaired) electrons. The fourth-order valence-electron chi connectivity index (χ4n) is 6.68. The fraction of sp³-hybridized carbons (Fsp3) is 0.111. The predicted molar refractivity (Wildman–Crippen MR) is 197 cm³/mol. The van der Waals surface area contributed by atoms with Crippen molar-refractivity contribution in [2.75, 3.05) is 0 Å². The first kappa shape index (κ1) is 30.1. The zero-order valence-electron chi connectivity index (χ0n) is 26.9. The lowest BCUT2D eigenvalue weighted by molar-refractivity contribution is 0.482. The Balaban J connectivity index is 1.08. The molecule has 230 valence electrons. The van der Waals surface area contributed by atoms with Crippen LogP contribution < -0.4 is 9.47 Å². The van der Waals surface area contributed by atoms with E-state index in [2.05, 4.69) is 98.8 Å². The van der Waals surface area contributed by atoms with E-state index in [1.165, 1.54) is 33.4 Å². The van der Waals surface area contributed by atoms with Crippen LogP contribution in [0.25, 0.3) is 35.4 Å². The second kappa shape index (κ2) is 13.4. The Kier molecular flexibility index (Phi) is 8.58. The van der Waals surface area contributed by atoms with E-state index in [1.807, 2.05) is 84.9 Å². The molecule has 0 spiro atoms. The average molecular weight is 611 g/mol. The van der Waals surface area contributed by atoms with Gasteiger partial charge in [0, 0.05) is 5.41 Å². The van der Waals surface area contributed by atoms with Crippen LogP contribution in [0, 0.1) is 0 Å². The van der Waals surface area contributed by atoms with Crippen LogP contribution >= 0.6 is 0 Å².